The number of hydrogen-bond donors (Lipinski definition) is 2. The summed E-state index contributed by atoms with van der Waals surface area (Å²) in [5.74, 6) is -1.13. The second kappa shape index (κ2) is 12.7. The Labute approximate surface area is 221 Å². The van der Waals surface area contributed by atoms with Crippen molar-refractivity contribution in [1.29, 1.82) is 0 Å². The van der Waals surface area contributed by atoms with Gasteiger partial charge in [0.25, 0.3) is 15.9 Å². The van der Waals surface area contributed by atoms with Crippen molar-refractivity contribution in [2.75, 3.05) is 25.6 Å². The van der Waals surface area contributed by atoms with Gasteiger partial charge in [0.15, 0.2) is 5.03 Å². The molecule has 0 aliphatic heterocycles. The number of halogens is 1. The van der Waals surface area contributed by atoms with Crippen LogP contribution in [-0.4, -0.2) is 50.2 Å². The van der Waals surface area contributed by atoms with Gasteiger partial charge in [0.2, 0.25) is 5.88 Å². The number of pyridine rings is 2. The molecule has 204 valence electrons. The summed E-state index contributed by atoms with van der Waals surface area (Å²) in [5, 5.41) is -0.420. The molecule has 3 N–H and O–H groups in total. The molecule has 38 heavy (non-hydrogen) atoms. The van der Waals surface area contributed by atoms with E-state index in [2.05, 4.69) is 9.97 Å². The van der Waals surface area contributed by atoms with Crippen LogP contribution in [-0.2, 0) is 14.8 Å². The van der Waals surface area contributed by atoms with Crippen molar-refractivity contribution >= 4 is 21.7 Å². The van der Waals surface area contributed by atoms with Crippen molar-refractivity contribution in [2.45, 2.75) is 38.8 Å². The molecule has 0 atom stereocenters. The molecule has 0 radical (unpaired) electrons. The Bertz CT molecular complexity index is 1380. The number of ether oxygens (including phenoxy) is 3. The molecule has 0 fully saturated rings. The number of aromatic nitrogens is 2. The Kier molecular flexibility index (Phi) is 9.59. The van der Waals surface area contributed by atoms with E-state index in [1.807, 2.05) is 32.4 Å². The first-order valence-electron chi connectivity index (χ1n) is 11.9. The summed E-state index contributed by atoms with van der Waals surface area (Å²) in [6.07, 6.45) is -0.0480. The maximum absolute atomic E-state index is 14.3. The van der Waals surface area contributed by atoms with Crippen molar-refractivity contribution in [3.05, 3.63) is 59.9 Å². The Hall–Kier alpha value is -3.77. The van der Waals surface area contributed by atoms with Crippen LogP contribution in [0.3, 0.4) is 0 Å². The van der Waals surface area contributed by atoms with Gasteiger partial charge in [0.1, 0.15) is 29.6 Å². The van der Waals surface area contributed by atoms with Gasteiger partial charge < -0.3 is 19.9 Å². The van der Waals surface area contributed by atoms with Crippen molar-refractivity contribution < 1.29 is 31.8 Å². The van der Waals surface area contributed by atoms with Gasteiger partial charge in [-0.2, -0.15) is 8.42 Å². The average molecular weight is 547 g/mol. The van der Waals surface area contributed by atoms with Gasteiger partial charge in [0, 0.05) is 11.6 Å². The van der Waals surface area contributed by atoms with Crippen LogP contribution in [0, 0.1) is 11.7 Å². The summed E-state index contributed by atoms with van der Waals surface area (Å²) < 4.78 is 58.5. The quantitative estimate of drug-likeness (QED) is 0.324. The zero-order valence-electron chi connectivity index (χ0n) is 21.6. The predicted octanol–water partition coefficient (Wildman–Crippen LogP) is 3.82. The predicted molar refractivity (Wildman–Crippen MR) is 140 cm³/mol. The molecule has 3 aromatic rings. The number of sulfonamides is 1. The van der Waals surface area contributed by atoms with E-state index >= 15 is 0 Å². The SMILES string of the molecule is CC(C)COc1cc(F)cc(-c2ccc(C(=O)NS(=O)(=O)c3cccc(N)n3)c(OCCOC(C)C)n2)c1. The summed E-state index contributed by atoms with van der Waals surface area (Å²) in [5.41, 5.74) is 6.09. The highest BCUT2D eigenvalue weighted by Gasteiger charge is 2.24. The number of nitrogen functional groups attached to an aromatic ring is 1. The van der Waals surface area contributed by atoms with Crippen molar-refractivity contribution in [2.24, 2.45) is 5.92 Å². The molecule has 10 nitrogen and oxygen atoms in total. The van der Waals surface area contributed by atoms with E-state index in [4.69, 9.17) is 19.9 Å². The third-order valence-corrected chi connectivity index (χ3v) is 6.11. The fourth-order valence-corrected chi connectivity index (χ4v) is 4.11. The summed E-state index contributed by atoms with van der Waals surface area (Å²) in [6, 6.07) is 11.0. The van der Waals surface area contributed by atoms with E-state index in [9.17, 15) is 17.6 Å². The van der Waals surface area contributed by atoms with Crippen LogP contribution in [0.1, 0.15) is 38.1 Å². The first-order chi connectivity index (χ1) is 17.9. The van der Waals surface area contributed by atoms with Crippen LogP contribution < -0.4 is 19.9 Å². The van der Waals surface area contributed by atoms with E-state index in [-0.39, 0.29) is 48.2 Å². The zero-order chi connectivity index (χ0) is 27.9. The minimum atomic E-state index is -4.34. The summed E-state index contributed by atoms with van der Waals surface area (Å²) in [4.78, 5) is 21.1. The highest BCUT2D eigenvalue weighted by atomic mass is 32.2. The lowest BCUT2D eigenvalue weighted by atomic mass is 10.1. The lowest BCUT2D eigenvalue weighted by Gasteiger charge is -2.14. The van der Waals surface area contributed by atoms with Crippen LogP contribution >= 0.6 is 0 Å². The smallest absolute Gasteiger partial charge is 0.281 e. The number of carbonyl (C=O) groups is 1. The first kappa shape index (κ1) is 28.8. The Balaban J connectivity index is 1.93. The monoisotopic (exact) mass is 546 g/mol. The second-order valence-electron chi connectivity index (χ2n) is 9.03. The van der Waals surface area contributed by atoms with Gasteiger partial charge in [-0.05, 0) is 56.2 Å². The lowest BCUT2D eigenvalue weighted by Crippen LogP contribution is -2.32. The number of hydrogen-bond acceptors (Lipinski definition) is 9. The molecule has 0 spiro atoms. The van der Waals surface area contributed by atoms with Crippen LogP contribution in [0.5, 0.6) is 11.6 Å². The normalized spacial score (nSPS) is 11.6. The number of rotatable bonds is 12. The number of nitrogens with zero attached hydrogens (tertiary/aromatic N) is 2. The molecular weight excluding hydrogens is 515 g/mol. The van der Waals surface area contributed by atoms with E-state index in [1.165, 1.54) is 42.5 Å². The summed E-state index contributed by atoms with van der Waals surface area (Å²) in [7, 11) is -4.34. The molecule has 3 rings (SSSR count). The average Bonchev–Trinajstić information content (AvgIpc) is 2.84. The standard InChI is InChI=1S/C26H31FN4O6S/c1-16(2)15-37-20-13-18(12-19(27)14-20)22-9-8-21(26(29-22)36-11-10-35-17(3)4)25(32)31-38(33,34)24-7-5-6-23(28)30-24/h5-9,12-14,16-17H,10-11,15H2,1-4H3,(H2,28,30)(H,31,32). The number of benzene rings is 1. The molecule has 2 heterocycles. The minimum absolute atomic E-state index is 0.0210. The molecule has 0 unspecified atom stereocenters. The van der Waals surface area contributed by atoms with E-state index < -0.39 is 26.8 Å². The third-order valence-electron chi connectivity index (χ3n) is 4.88. The molecule has 0 aliphatic rings. The number of amides is 1. The first-order valence-corrected chi connectivity index (χ1v) is 13.4. The maximum Gasteiger partial charge on any atom is 0.281 e. The highest BCUT2D eigenvalue weighted by molar-refractivity contribution is 7.90. The van der Waals surface area contributed by atoms with Crippen LogP contribution in [0.4, 0.5) is 10.2 Å². The van der Waals surface area contributed by atoms with Gasteiger partial charge in [-0.15, -0.1) is 0 Å². The lowest BCUT2D eigenvalue weighted by molar-refractivity contribution is 0.0538. The maximum atomic E-state index is 14.3. The van der Waals surface area contributed by atoms with E-state index in [1.54, 1.807) is 6.07 Å². The second-order valence-corrected chi connectivity index (χ2v) is 10.7. The Morgan fingerprint density at radius 1 is 1.03 bits per heavy atom. The van der Waals surface area contributed by atoms with Crippen molar-refractivity contribution in [3.63, 3.8) is 0 Å². The topological polar surface area (TPSA) is 143 Å². The van der Waals surface area contributed by atoms with E-state index in [0.717, 1.165) is 0 Å². The third kappa shape index (κ3) is 8.12. The minimum Gasteiger partial charge on any atom is -0.493 e. The van der Waals surface area contributed by atoms with E-state index in [0.29, 0.717) is 17.9 Å². The van der Waals surface area contributed by atoms with Gasteiger partial charge in [-0.25, -0.2) is 19.1 Å². The number of nitrogens with one attached hydrogen (secondary N) is 1. The molecule has 0 saturated heterocycles. The molecular formula is C26H31FN4O6S. The molecule has 0 bridgehead atoms. The zero-order valence-corrected chi connectivity index (χ0v) is 22.4. The number of nitrogens with two attached hydrogens (primary N) is 1. The highest BCUT2D eigenvalue weighted by Crippen LogP contribution is 2.28. The molecule has 0 aliphatic carbocycles. The van der Waals surface area contributed by atoms with Crippen LogP contribution in [0.15, 0.2) is 53.6 Å². The molecule has 1 amide bonds. The van der Waals surface area contributed by atoms with Gasteiger partial charge in [-0.1, -0.05) is 19.9 Å². The largest absolute Gasteiger partial charge is 0.493 e. The number of carbonyl (C=O) groups excluding carboxylic acids is 1. The van der Waals surface area contributed by atoms with Gasteiger partial charge >= 0.3 is 0 Å². The molecule has 1 aromatic carbocycles. The Morgan fingerprint density at radius 2 is 1.79 bits per heavy atom. The summed E-state index contributed by atoms with van der Waals surface area (Å²) >= 11 is 0. The van der Waals surface area contributed by atoms with Crippen LogP contribution in [0.25, 0.3) is 11.3 Å². The van der Waals surface area contributed by atoms with Crippen molar-refractivity contribution in [1.82, 2.24) is 14.7 Å². The van der Waals surface area contributed by atoms with Gasteiger partial charge in [-0.3, -0.25) is 4.79 Å². The summed E-state index contributed by atoms with van der Waals surface area (Å²) in [6.45, 7) is 8.29. The Morgan fingerprint density at radius 3 is 2.47 bits per heavy atom. The fraction of sp³-hybridized carbons (Fsp3) is 0.346. The van der Waals surface area contributed by atoms with Gasteiger partial charge in [0.05, 0.1) is 25.0 Å². The van der Waals surface area contributed by atoms with Crippen LogP contribution in [0.2, 0.25) is 0 Å². The molecule has 2 aromatic heterocycles. The molecule has 0 saturated carbocycles. The van der Waals surface area contributed by atoms with Crippen molar-refractivity contribution in [3.8, 4) is 22.9 Å². The molecule has 12 heteroatoms. The number of anilines is 1. The fourth-order valence-electron chi connectivity index (χ4n) is 3.17.